The lowest BCUT2D eigenvalue weighted by Crippen LogP contribution is -2.56. The highest BCUT2D eigenvalue weighted by atomic mass is 32.2. The second kappa shape index (κ2) is 17.3. The predicted molar refractivity (Wildman–Crippen MR) is 169 cm³/mol. The first-order valence-electron chi connectivity index (χ1n) is 15.0. The van der Waals surface area contributed by atoms with Crippen molar-refractivity contribution < 1.29 is 37.4 Å². The highest BCUT2D eigenvalue weighted by Crippen LogP contribution is 2.17. The van der Waals surface area contributed by atoms with Crippen LogP contribution in [0.4, 0.5) is 4.79 Å². The molecule has 1 aromatic rings. The second-order valence-electron chi connectivity index (χ2n) is 13.2. The fraction of sp³-hybridized carbons (Fsp3) is 0.677. The van der Waals surface area contributed by atoms with Gasteiger partial charge in [-0.2, -0.15) is 0 Å². The molecule has 0 saturated carbocycles. The highest BCUT2D eigenvalue weighted by Gasteiger charge is 2.33. The molecule has 5 N–H and O–H groups in total. The molecule has 44 heavy (non-hydrogen) atoms. The molecule has 0 saturated heterocycles. The Morgan fingerprint density at radius 2 is 1.45 bits per heavy atom. The van der Waals surface area contributed by atoms with Crippen LogP contribution in [0.15, 0.2) is 30.3 Å². The quantitative estimate of drug-likeness (QED) is 0.183. The van der Waals surface area contributed by atoms with Gasteiger partial charge in [-0.15, -0.1) is 0 Å². The monoisotopic (exact) mass is 640 g/mol. The normalized spacial score (nSPS) is 15.5. The van der Waals surface area contributed by atoms with E-state index in [1.807, 2.05) is 58.0 Å². The van der Waals surface area contributed by atoms with Crippen LogP contribution >= 0.6 is 0 Å². The summed E-state index contributed by atoms with van der Waals surface area (Å²) in [5.74, 6) is -3.17. The van der Waals surface area contributed by atoms with Gasteiger partial charge in [-0.1, -0.05) is 65.0 Å². The zero-order chi connectivity index (χ0) is 33.8. The first-order valence-corrected chi connectivity index (χ1v) is 17.0. The van der Waals surface area contributed by atoms with Gasteiger partial charge in [0.15, 0.2) is 0 Å². The van der Waals surface area contributed by atoms with E-state index in [9.17, 15) is 32.7 Å². The molecule has 250 valence electrons. The van der Waals surface area contributed by atoms with Gasteiger partial charge < -0.3 is 31.1 Å². The summed E-state index contributed by atoms with van der Waals surface area (Å²) < 4.78 is 29.3. The van der Waals surface area contributed by atoms with Crippen molar-refractivity contribution in [1.82, 2.24) is 21.3 Å². The number of carbonyl (C=O) groups excluding carboxylic acids is 4. The van der Waals surface area contributed by atoms with Crippen LogP contribution in [0.1, 0.15) is 73.8 Å². The fourth-order valence-corrected chi connectivity index (χ4v) is 5.24. The summed E-state index contributed by atoms with van der Waals surface area (Å²) in [4.78, 5) is 51.6. The van der Waals surface area contributed by atoms with Gasteiger partial charge in [0.1, 0.15) is 27.5 Å². The predicted octanol–water partition coefficient (Wildman–Crippen LogP) is 2.30. The largest absolute Gasteiger partial charge is 0.444 e. The van der Waals surface area contributed by atoms with Gasteiger partial charge in [0.25, 0.3) is 0 Å². The number of benzene rings is 1. The molecule has 1 rings (SSSR count). The minimum atomic E-state index is -3.69. The molecule has 12 nitrogen and oxygen atoms in total. The SMILES string of the molecule is CC(C)C[C@H](NC(=O)[C@H](CS(C)(=O)=O)NC(=O)OC(C)(C)C)C(O)CC(C)C(=O)N[C@H](C(=O)NCc1ccccc1)C(C)C. The van der Waals surface area contributed by atoms with Crippen LogP contribution in [-0.2, 0) is 35.5 Å². The van der Waals surface area contributed by atoms with Crippen molar-refractivity contribution in [2.75, 3.05) is 12.0 Å². The number of hydrogen-bond acceptors (Lipinski definition) is 8. The van der Waals surface area contributed by atoms with Crippen LogP contribution in [0.25, 0.3) is 0 Å². The van der Waals surface area contributed by atoms with Crippen LogP contribution in [0.5, 0.6) is 0 Å². The maximum Gasteiger partial charge on any atom is 0.408 e. The number of nitrogens with one attached hydrogen (secondary N) is 4. The van der Waals surface area contributed by atoms with Gasteiger partial charge in [0.05, 0.1) is 17.9 Å². The van der Waals surface area contributed by atoms with Crippen molar-refractivity contribution in [2.45, 2.75) is 105 Å². The average molecular weight is 641 g/mol. The molecule has 0 aromatic heterocycles. The number of alkyl carbamates (subject to hydrolysis) is 1. The molecule has 2 unspecified atom stereocenters. The van der Waals surface area contributed by atoms with Crippen molar-refractivity contribution in [2.24, 2.45) is 17.8 Å². The van der Waals surface area contributed by atoms with Gasteiger partial charge in [0, 0.05) is 18.7 Å². The third-order valence-electron chi connectivity index (χ3n) is 6.59. The Balaban J connectivity index is 2.96. The topological polar surface area (TPSA) is 180 Å². The van der Waals surface area contributed by atoms with E-state index in [1.165, 1.54) is 0 Å². The maximum atomic E-state index is 13.2. The number of sulfone groups is 1. The number of amides is 4. The maximum absolute atomic E-state index is 13.2. The number of aliphatic hydroxyl groups excluding tert-OH is 1. The average Bonchev–Trinajstić information content (AvgIpc) is 2.87. The Labute approximate surface area is 262 Å². The van der Waals surface area contributed by atoms with Crippen LogP contribution in [0.2, 0.25) is 0 Å². The van der Waals surface area contributed by atoms with Gasteiger partial charge in [-0.3, -0.25) is 14.4 Å². The van der Waals surface area contributed by atoms with Gasteiger partial charge in [0.2, 0.25) is 17.7 Å². The lowest BCUT2D eigenvalue weighted by atomic mass is 9.91. The summed E-state index contributed by atoms with van der Waals surface area (Å²) in [6.45, 7) is 14.2. The van der Waals surface area contributed by atoms with E-state index in [0.717, 1.165) is 11.8 Å². The summed E-state index contributed by atoms with van der Waals surface area (Å²) in [5, 5.41) is 21.8. The third-order valence-corrected chi connectivity index (χ3v) is 7.53. The molecule has 4 amide bonds. The molecule has 0 spiro atoms. The van der Waals surface area contributed by atoms with E-state index in [4.69, 9.17) is 4.74 Å². The Kier molecular flexibility index (Phi) is 15.3. The molecular weight excluding hydrogens is 588 g/mol. The molecule has 13 heteroatoms. The Morgan fingerprint density at radius 3 is 1.95 bits per heavy atom. The molecule has 1 aromatic carbocycles. The molecule has 0 aliphatic carbocycles. The van der Waals surface area contributed by atoms with Crippen LogP contribution in [0, 0.1) is 17.8 Å². The molecule has 0 bridgehead atoms. The van der Waals surface area contributed by atoms with E-state index < -0.39 is 69.2 Å². The summed E-state index contributed by atoms with van der Waals surface area (Å²) in [6, 6.07) is 6.27. The molecule has 0 fully saturated rings. The Bertz CT molecular complexity index is 1200. The summed E-state index contributed by atoms with van der Waals surface area (Å²) in [6.07, 6.45) is -0.935. The van der Waals surface area contributed by atoms with E-state index in [2.05, 4.69) is 21.3 Å². The van der Waals surface area contributed by atoms with E-state index in [1.54, 1.807) is 27.7 Å². The molecular formula is C31H52N4O8S. The summed E-state index contributed by atoms with van der Waals surface area (Å²) in [5.41, 5.74) is 0.0462. The molecule has 0 aliphatic rings. The van der Waals surface area contributed by atoms with Crippen molar-refractivity contribution in [3.8, 4) is 0 Å². The zero-order valence-electron chi connectivity index (χ0n) is 27.5. The van der Waals surface area contributed by atoms with Crippen molar-refractivity contribution in [1.29, 1.82) is 0 Å². The minimum absolute atomic E-state index is 0.0184. The highest BCUT2D eigenvalue weighted by molar-refractivity contribution is 7.90. The summed E-state index contributed by atoms with van der Waals surface area (Å²) in [7, 11) is -3.69. The molecule has 5 atom stereocenters. The molecule has 0 aliphatic heterocycles. The Hall–Kier alpha value is -3.19. The number of ether oxygens (including phenoxy) is 1. The van der Waals surface area contributed by atoms with Crippen LogP contribution < -0.4 is 21.3 Å². The standard InChI is InChI=1S/C31H52N4O8S/c1-19(2)15-23(33-28(38)24(18-44(9,41)42)34-30(40)43-31(6,7)8)25(36)16-21(5)27(37)35-26(20(3)4)29(39)32-17-22-13-11-10-12-14-22/h10-14,19-21,23-26,36H,15-18H2,1-9H3,(H,32,39)(H,33,38)(H,34,40)(H,35,37)/t21?,23-,24-,25?,26-/m0/s1. The van der Waals surface area contributed by atoms with E-state index >= 15 is 0 Å². The number of hydrogen-bond donors (Lipinski definition) is 5. The Morgan fingerprint density at radius 1 is 0.864 bits per heavy atom. The fourth-order valence-electron chi connectivity index (χ4n) is 4.40. The zero-order valence-corrected chi connectivity index (χ0v) is 28.3. The van der Waals surface area contributed by atoms with E-state index in [0.29, 0.717) is 13.0 Å². The van der Waals surface area contributed by atoms with Crippen molar-refractivity contribution in [3.63, 3.8) is 0 Å². The summed E-state index contributed by atoms with van der Waals surface area (Å²) >= 11 is 0. The number of rotatable bonds is 16. The number of aliphatic hydroxyl groups is 1. The minimum Gasteiger partial charge on any atom is -0.444 e. The lowest BCUT2D eigenvalue weighted by molar-refractivity contribution is -0.132. The van der Waals surface area contributed by atoms with Crippen LogP contribution in [-0.4, -0.2) is 79.2 Å². The van der Waals surface area contributed by atoms with Gasteiger partial charge >= 0.3 is 6.09 Å². The van der Waals surface area contributed by atoms with Crippen molar-refractivity contribution >= 4 is 33.7 Å². The molecule has 0 heterocycles. The van der Waals surface area contributed by atoms with Gasteiger partial charge in [-0.05, 0) is 51.0 Å². The van der Waals surface area contributed by atoms with Crippen LogP contribution in [0.3, 0.4) is 0 Å². The first-order chi connectivity index (χ1) is 20.2. The van der Waals surface area contributed by atoms with Crippen molar-refractivity contribution in [3.05, 3.63) is 35.9 Å². The first kappa shape index (κ1) is 38.8. The van der Waals surface area contributed by atoms with Gasteiger partial charge in [-0.25, -0.2) is 13.2 Å². The number of carbonyl (C=O) groups is 4. The molecule has 0 radical (unpaired) electrons. The van der Waals surface area contributed by atoms with E-state index in [-0.39, 0.29) is 24.2 Å². The smallest absolute Gasteiger partial charge is 0.408 e. The lowest BCUT2D eigenvalue weighted by Gasteiger charge is -2.30. The second-order valence-corrected chi connectivity index (χ2v) is 15.4. The third kappa shape index (κ3) is 15.5.